The number of rotatable bonds is 13. The van der Waals surface area contributed by atoms with Crippen LogP contribution in [0.15, 0.2) is 36.4 Å². The van der Waals surface area contributed by atoms with E-state index in [4.69, 9.17) is 23.7 Å². The van der Waals surface area contributed by atoms with E-state index in [-0.39, 0.29) is 12.7 Å². The monoisotopic (exact) mass is 459 g/mol. The van der Waals surface area contributed by atoms with E-state index < -0.39 is 6.10 Å². The lowest BCUT2D eigenvalue weighted by molar-refractivity contribution is 0.0313. The van der Waals surface area contributed by atoms with E-state index in [9.17, 15) is 9.90 Å². The Kier molecular flexibility index (Phi) is 9.35. The second-order valence-corrected chi connectivity index (χ2v) is 8.02. The van der Waals surface area contributed by atoms with Gasteiger partial charge < -0.3 is 28.8 Å². The lowest BCUT2D eigenvalue weighted by Crippen LogP contribution is -2.39. The van der Waals surface area contributed by atoms with Gasteiger partial charge >= 0.3 is 0 Å². The molecule has 1 fully saturated rings. The van der Waals surface area contributed by atoms with Gasteiger partial charge in [0.2, 0.25) is 5.75 Å². The molecule has 0 aromatic heterocycles. The Morgan fingerprint density at radius 2 is 1.91 bits per heavy atom. The number of hydrogen-bond donors (Lipinski definition) is 1. The Labute approximate surface area is 195 Å². The summed E-state index contributed by atoms with van der Waals surface area (Å²) in [5.41, 5.74) is 1.50. The predicted molar refractivity (Wildman–Crippen MR) is 124 cm³/mol. The van der Waals surface area contributed by atoms with Crippen LogP contribution in [-0.4, -0.2) is 76.1 Å². The van der Waals surface area contributed by atoms with Gasteiger partial charge in [-0.1, -0.05) is 12.1 Å². The molecule has 180 valence electrons. The molecule has 0 radical (unpaired) electrons. The van der Waals surface area contributed by atoms with Gasteiger partial charge in [-0.25, -0.2) is 0 Å². The zero-order valence-corrected chi connectivity index (χ0v) is 19.5. The number of hydrogen-bond acceptors (Lipinski definition) is 8. The third-order valence-electron chi connectivity index (χ3n) is 5.52. The molecule has 1 aliphatic rings. The van der Waals surface area contributed by atoms with E-state index in [2.05, 4.69) is 4.90 Å². The van der Waals surface area contributed by atoms with E-state index in [1.807, 2.05) is 12.1 Å². The second kappa shape index (κ2) is 12.4. The lowest BCUT2D eigenvalue weighted by Gasteiger charge is -2.28. The molecule has 1 aliphatic heterocycles. The molecule has 2 unspecified atom stereocenters. The Bertz CT molecular complexity index is 873. The number of ether oxygens (including phenoxy) is 5. The standard InChI is InChI=1S/C25H33NO7/c1-29-23-11-19(12-24(30-2)25(23)31-3)13-26(15-22-8-5-9-32-22)14-20(28)17-33-21-7-4-6-18(10-21)16-27/h4,6-7,10-12,16,20,22,28H,5,8-9,13-15,17H2,1-3H3. The quantitative estimate of drug-likeness (QED) is 0.458. The molecule has 2 aromatic rings. The number of carbonyl (C=O) groups excluding carboxylic acids is 1. The molecule has 0 spiro atoms. The largest absolute Gasteiger partial charge is 0.493 e. The van der Waals surface area contributed by atoms with Crippen molar-refractivity contribution in [2.75, 3.05) is 47.6 Å². The Morgan fingerprint density at radius 3 is 2.52 bits per heavy atom. The first-order valence-corrected chi connectivity index (χ1v) is 11.0. The minimum absolute atomic E-state index is 0.111. The predicted octanol–water partition coefficient (Wildman–Crippen LogP) is 2.95. The summed E-state index contributed by atoms with van der Waals surface area (Å²) in [7, 11) is 4.75. The van der Waals surface area contributed by atoms with Crippen LogP contribution in [-0.2, 0) is 11.3 Å². The SMILES string of the molecule is COc1cc(CN(CC(O)COc2cccc(C=O)c2)CC2CCCO2)cc(OC)c1OC. The van der Waals surface area contributed by atoms with Gasteiger partial charge in [-0.15, -0.1) is 0 Å². The van der Waals surface area contributed by atoms with Crippen LogP contribution in [0.3, 0.4) is 0 Å². The fourth-order valence-corrected chi connectivity index (χ4v) is 3.99. The first kappa shape index (κ1) is 24.8. The van der Waals surface area contributed by atoms with Crippen molar-refractivity contribution in [2.45, 2.75) is 31.6 Å². The normalized spacial score (nSPS) is 16.5. The highest BCUT2D eigenvalue weighted by atomic mass is 16.5. The summed E-state index contributed by atoms with van der Waals surface area (Å²) in [5, 5.41) is 10.7. The highest BCUT2D eigenvalue weighted by Crippen LogP contribution is 2.38. The molecule has 2 aromatic carbocycles. The zero-order chi connectivity index (χ0) is 23.6. The van der Waals surface area contributed by atoms with Crippen molar-refractivity contribution in [2.24, 2.45) is 0 Å². The first-order valence-electron chi connectivity index (χ1n) is 11.0. The van der Waals surface area contributed by atoms with E-state index >= 15 is 0 Å². The molecule has 1 heterocycles. The summed E-state index contributed by atoms with van der Waals surface area (Å²) < 4.78 is 27.9. The molecule has 1 saturated heterocycles. The van der Waals surface area contributed by atoms with Crippen LogP contribution in [0.1, 0.15) is 28.8 Å². The van der Waals surface area contributed by atoms with Gasteiger partial charge in [0.25, 0.3) is 0 Å². The minimum Gasteiger partial charge on any atom is -0.493 e. The molecular formula is C25H33NO7. The fraction of sp³-hybridized carbons (Fsp3) is 0.480. The molecule has 2 atom stereocenters. The summed E-state index contributed by atoms with van der Waals surface area (Å²) in [4.78, 5) is 13.1. The summed E-state index contributed by atoms with van der Waals surface area (Å²) in [6.07, 6.45) is 2.21. The van der Waals surface area contributed by atoms with E-state index in [0.717, 1.165) is 31.3 Å². The first-order chi connectivity index (χ1) is 16.1. The average Bonchev–Trinajstić information content (AvgIpc) is 3.35. The Morgan fingerprint density at radius 1 is 1.15 bits per heavy atom. The fourth-order valence-electron chi connectivity index (χ4n) is 3.99. The molecule has 1 N–H and O–H groups in total. The number of carbonyl (C=O) groups is 1. The molecule has 8 nitrogen and oxygen atoms in total. The number of benzene rings is 2. The number of aldehydes is 1. The second-order valence-electron chi connectivity index (χ2n) is 8.02. The van der Waals surface area contributed by atoms with Gasteiger partial charge in [0.1, 0.15) is 24.7 Å². The molecule has 33 heavy (non-hydrogen) atoms. The molecule has 0 bridgehead atoms. The number of aliphatic hydroxyl groups excluding tert-OH is 1. The zero-order valence-electron chi connectivity index (χ0n) is 19.5. The van der Waals surface area contributed by atoms with Crippen molar-refractivity contribution in [1.82, 2.24) is 4.90 Å². The lowest BCUT2D eigenvalue weighted by atomic mass is 10.1. The van der Waals surface area contributed by atoms with Crippen LogP contribution in [0.4, 0.5) is 0 Å². The Hall–Kier alpha value is -2.81. The topological polar surface area (TPSA) is 86.7 Å². The van der Waals surface area contributed by atoms with Gasteiger partial charge in [0, 0.05) is 31.8 Å². The maximum Gasteiger partial charge on any atom is 0.203 e. The van der Waals surface area contributed by atoms with E-state index in [1.54, 1.807) is 45.6 Å². The maximum atomic E-state index is 11.0. The van der Waals surface area contributed by atoms with Crippen LogP contribution < -0.4 is 18.9 Å². The van der Waals surface area contributed by atoms with Crippen LogP contribution in [0.25, 0.3) is 0 Å². The van der Waals surface area contributed by atoms with Crippen molar-refractivity contribution in [1.29, 1.82) is 0 Å². The van der Waals surface area contributed by atoms with Gasteiger partial charge in [-0.3, -0.25) is 9.69 Å². The highest BCUT2D eigenvalue weighted by Gasteiger charge is 2.23. The molecule has 0 amide bonds. The smallest absolute Gasteiger partial charge is 0.203 e. The number of methoxy groups -OCH3 is 3. The average molecular weight is 460 g/mol. The van der Waals surface area contributed by atoms with Crippen LogP contribution in [0.5, 0.6) is 23.0 Å². The minimum atomic E-state index is -0.728. The van der Waals surface area contributed by atoms with Crippen LogP contribution in [0.2, 0.25) is 0 Å². The van der Waals surface area contributed by atoms with Gasteiger partial charge in [-0.05, 0) is 42.7 Å². The summed E-state index contributed by atoms with van der Waals surface area (Å²) >= 11 is 0. The summed E-state index contributed by atoms with van der Waals surface area (Å²) in [5.74, 6) is 2.26. The molecule has 0 saturated carbocycles. The van der Waals surface area contributed by atoms with Gasteiger partial charge in [0.15, 0.2) is 11.5 Å². The molecule has 0 aliphatic carbocycles. The van der Waals surface area contributed by atoms with Crippen molar-refractivity contribution in [3.63, 3.8) is 0 Å². The molecular weight excluding hydrogens is 426 g/mol. The number of aliphatic hydroxyl groups is 1. The number of nitrogens with zero attached hydrogens (tertiary/aromatic N) is 1. The van der Waals surface area contributed by atoms with Crippen LogP contribution >= 0.6 is 0 Å². The summed E-state index contributed by atoms with van der Waals surface area (Å²) in [6, 6.07) is 10.7. The summed E-state index contributed by atoms with van der Waals surface area (Å²) in [6.45, 7) is 2.52. The highest BCUT2D eigenvalue weighted by molar-refractivity contribution is 5.75. The van der Waals surface area contributed by atoms with E-state index in [1.165, 1.54) is 0 Å². The third kappa shape index (κ3) is 7.08. The maximum absolute atomic E-state index is 11.0. The molecule has 8 heteroatoms. The van der Waals surface area contributed by atoms with Gasteiger partial charge in [-0.2, -0.15) is 0 Å². The van der Waals surface area contributed by atoms with Crippen molar-refractivity contribution >= 4 is 6.29 Å². The third-order valence-corrected chi connectivity index (χ3v) is 5.52. The molecule has 3 rings (SSSR count). The van der Waals surface area contributed by atoms with Gasteiger partial charge in [0.05, 0.1) is 27.4 Å². The van der Waals surface area contributed by atoms with Crippen LogP contribution in [0, 0.1) is 0 Å². The van der Waals surface area contributed by atoms with E-state index in [0.29, 0.717) is 48.2 Å². The Balaban J connectivity index is 1.69. The van der Waals surface area contributed by atoms with Crippen molar-refractivity contribution in [3.8, 4) is 23.0 Å². The van der Waals surface area contributed by atoms with Crippen molar-refractivity contribution in [3.05, 3.63) is 47.5 Å². The van der Waals surface area contributed by atoms with Crippen molar-refractivity contribution < 1.29 is 33.6 Å².